The van der Waals surface area contributed by atoms with Crippen LogP contribution in [0.5, 0.6) is 23.0 Å². The number of phenolic OH excluding ortho intramolecular Hbond substituents is 4. The Bertz CT molecular complexity index is 2530. The van der Waals surface area contributed by atoms with Crippen LogP contribution in [0.2, 0.25) is 0 Å². The highest BCUT2D eigenvalue weighted by Gasteiger charge is 2.06. The van der Waals surface area contributed by atoms with Gasteiger partial charge in [0.15, 0.2) is 0 Å². The summed E-state index contributed by atoms with van der Waals surface area (Å²) >= 11 is 0. The molecule has 0 amide bonds. The van der Waals surface area contributed by atoms with Crippen LogP contribution in [0, 0.1) is 48.5 Å². The van der Waals surface area contributed by atoms with Gasteiger partial charge in [0.25, 0.3) is 0 Å². The van der Waals surface area contributed by atoms with Crippen LogP contribution in [0.25, 0.3) is 44.5 Å². The molecule has 4 aromatic heterocycles. The first kappa shape index (κ1) is 42.8. The Morgan fingerprint density at radius 3 is 1.07 bits per heavy atom. The van der Waals surface area contributed by atoms with Gasteiger partial charge in [-0.05, 0) is 166 Å². The van der Waals surface area contributed by atoms with Crippen molar-refractivity contribution >= 4 is 0 Å². The molecule has 0 radical (unpaired) electrons. The Labute approximate surface area is 346 Å². The van der Waals surface area contributed by atoms with E-state index in [0.717, 1.165) is 83.8 Å². The van der Waals surface area contributed by atoms with E-state index >= 15 is 0 Å². The van der Waals surface area contributed by atoms with Crippen LogP contribution in [-0.4, -0.2) is 40.4 Å². The number of hydrogen-bond acceptors (Lipinski definition) is 8. The molecule has 298 valence electrons. The van der Waals surface area contributed by atoms with Crippen molar-refractivity contribution in [3.8, 4) is 67.5 Å². The summed E-state index contributed by atoms with van der Waals surface area (Å²) in [5.41, 5.74) is 15.3. The quantitative estimate of drug-likeness (QED) is 0.139. The van der Waals surface area contributed by atoms with Gasteiger partial charge >= 0.3 is 0 Å². The molecule has 59 heavy (non-hydrogen) atoms. The molecule has 8 heteroatoms. The van der Waals surface area contributed by atoms with Gasteiger partial charge in [-0.1, -0.05) is 48.5 Å². The van der Waals surface area contributed by atoms with Gasteiger partial charge in [0.05, 0.1) is 0 Å². The molecule has 0 saturated carbocycles. The number of pyridine rings is 4. The van der Waals surface area contributed by atoms with Crippen LogP contribution in [0.1, 0.15) is 39.3 Å². The number of aromatic hydroxyl groups is 4. The molecule has 4 N–H and O–H groups in total. The number of aryl methyl sites for hydroxylation is 7. The zero-order chi connectivity index (χ0) is 42.5. The summed E-state index contributed by atoms with van der Waals surface area (Å²) in [4.78, 5) is 16.8. The van der Waals surface area contributed by atoms with Crippen LogP contribution in [0.3, 0.4) is 0 Å². The van der Waals surface area contributed by atoms with Crippen molar-refractivity contribution in [3.05, 3.63) is 192 Å². The molecule has 4 heterocycles. The van der Waals surface area contributed by atoms with Crippen LogP contribution < -0.4 is 0 Å². The summed E-state index contributed by atoms with van der Waals surface area (Å²) < 4.78 is 0. The molecule has 8 nitrogen and oxygen atoms in total. The first-order valence-corrected chi connectivity index (χ1v) is 19.2. The van der Waals surface area contributed by atoms with Crippen molar-refractivity contribution in [1.29, 1.82) is 0 Å². The lowest BCUT2D eigenvalue weighted by molar-refractivity contribution is 0.470. The van der Waals surface area contributed by atoms with E-state index in [0.29, 0.717) is 23.0 Å². The minimum Gasteiger partial charge on any atom is -0.508 e. The van der Waals surface area contributed by atoms with Crippen LogP contribution in [0.15, 0.2) is 152 Å². The van der Waals surface area contributed by atoms with Crippen molar-refractivity contribution in [1.82, 2.24) is 19.9 Å². The zero-order valence-electron chi connectivity index (χ0n) is 34.5. The summed E-state index contributed by atoms with van der Waals surface area (Å²) in [7, 11) is 0. The second kappa shape index (κ2) is 20.2. The molecule has 0 bridgehead atoms. The number of hydrogen-bond donors (Lipinski definition) is 4. The maximum atomic E-state index is 9.44. The number of phenols is 4. The Balaban J connectivity index is 0.000000150. The molecule has 4 aromatic carbocycles. The molecule has 8 aromatic rings. The van der Waals surface area contributed by atoms with Gasteiger partial charge < -0.3 is 20.4 Å². The number of rotatable bonds is 4. The van der Waals surface area contributed by atoms with Crippen molar-refractivity contribution in [2.24, 2.45) is 0 Å². The normalized spacial score (nSPS) is 10.2. The summed E-state index contributed by atoms with van der Waals surface area (Å²) in [6.45, 7) is 13.5. The second-order valence-electron chi connectivity index (χ2n) is 14.2. The molecule has 0 saturated heterocycles. The Kier molecular flexibility index (Phi) is 14.7. The minimum atomic E-state index is 0.331. The third-order valence-corrected chi connectivity index (χ3v) is 9.66. The lowest BCUT2D eigenvalue weighted by atomic mass is 10.0. The number of aromatic nitrogens is 4. The smallest absolute Gasteiger partial charge is 0.118 e. The molecule has 0 fully saturated rings. The maximum absolute atomic E-state index is 9.44. The fraction of sp³-hybridized carbons (Fsp3) is 0.137. The zero-order valence-corrected chi connectivity index (χ0v) is 34.5. The van der Waals surface area contributed by atoms with E-state index in [4.69, 9.17) is 0 Å². The van der Waals surface area contributed by atoms with Crippen LogP contribution >= 0.6 is 0 Å². The summed E-state index contributed by atoms with van der Waals surface area (Å²) in [6.07, 6.45) is 8.97. The van der Waals surface area contributed by atoms with Crippen molar-refractivity contribution in [2.75, 3.05) is 0 Å². The van der Waals surface area contributed by atoms with E-state index in [-0.39, 0.29) is 0 Å². The van der Waals surface area contributed by atoms with Gasteiger partial charge in [0.2, 0.25) is 0 Å². The van der Waals surface area contributed by atoms with E-state index < -0.39 is 0 Å². The molecule has 0 aliphatic rings. The number of benzene rings is 4. The van der Waals surface area contributed by atoms with Crippen LogP contribution in [0.4, 0.5) is 0 Å². The second-order valence-corrected chi connectivity index (χ2v) is 14.2. The van der Waals surface area contributed by atoms with E-state index in [2.05, 4.69) is 19.9 Å². The monoisotopic (exact) mass is 782 g/mol. The van der Waals surface area contributed by atoms with E-state index in [1.165, 1.54) is 0 Å². The Hall–Kier alpha value is -7.32. The van der Waals surface area contributed by atoms with Crippen molar-refractivity contribution in [3.63, 3.8) is 0 Å². The topological polar surface area (TPSA) is 132 Å². The first-order chi connectivity index (χ1) is 28.3. The minimum absolute atomic E-state index is 0.331. The average Bonchev–Trinajstić information content (AvgIpc) is 3.24. The van der Waals surface area contributed by atoms with Gasteiger partial charge in [0, 0.05) is 70.3 Å². The van der Waals surface area contributed by atoms with Gasteiger partial charge in [0.1, 0.15) is 23.0 Å². The standard InChI is InChI=1S/3C13H13NO.C12H11NO/c1-9-7-11(5-6-13(9)15)12-4-3-10(2)14-8-12;2*1-9-8-11(5-6-13(9)15)12-4-3-7-14-10(12)2;1-9-7-10(4-5-12(9)14)11-3-2-6-13-8-11/h3*3-8,15H,1-2H3;2-8,14H,1H3. The predicted molar refractivity (Wildman–Crippen MR) is 239 cm³/mol. The third kappa shape index (κ3) is 11.8. The Morgan fingerprint density at radius 1 is 0.339 bits per heavy atom. The molecule has 0 unspecified atom stereocenters. The largest absolute Gasteiger partial charge is 0.508 e. The fourth-order valence-corrected chi connectivity index (χ4v) is 6.07. The van der Waals surface area contributed by atoms with Gasteiger partial charge in [-0.15, -0.1) is 0 Å². The molecular formula is C51H50N4O4. The van der Waals surface area contributed by atoms with E-state index in [9.17, 15) is 20.4 Å². The van der Waals surface area contributed by atoms with Crippen molar-refractivity contribution in [2.45, 2.75) is 48.5 Å². The van der Waals surface area contributed by atoms with Gasteiger partial charge in [-0.25, -0.2) is 0 Å². The third-order valence-electron chi connectivity index (χ3n) is 9.66. The highest BCUT2D eigenvalue weighted by molar-refractivity contribution is 5.69. The lowest BCUT2D eigenvalue weighted by Gasteiger charge is -2.06. The average molecular weight is 783 g/mol. The fourth-order valence-electron chi connectivity index (χ4n) is 6.07. The molecule has 0 spiro atoms. The molecule has 0 aliphatic heterocycles. The maximum Gasteiger partial charge on any atom is 0.118 e. The molecular weight excluding hydrogens is 733 g/mol. The molecule has 8 rings (SSSR count). The SMILES string of the molecule is Cc1cc(-c2cccnc2)ccc1O.Cc1cc(-c2cccnc2C)ccc1O.Cc1cc(-c2cccnc2C)ccc1O.Cc1ccc(-c2ccc(O)c(C)c2)cn1. The first-order valence-electron chi connectivity index (χ1n) is 19.2. The highest BCUT2D eigenvalue weighted by Crippen LogP contribution is 2.29. The molecule has 0 atom stereocenters. The molecule has 0 aliphatic carbocycles. The lowest BCUT2D eigenvalue weighted by Crippen LogP contribution is -1.87. The predicted octanol–water partition coefficient (Wildman–Crippen LogP) is 12.0. The Morgan fingerprint density at radius 2 is 0.712 bits per heavy atom. The summed E-state index contributed by atoms with van der Waals surface area (Å²) in [5.74, 6) is 1.33. The summed E-state index contributed by atoms with van der Waals surface area (Å²) in [5, 5.41) is 37.7. The van der Waals surface area contributed by atoms with Crippen LogP contribution in [-0.2, 0) is 0 Å². The van der Waals surface area contributed by atoms with E-state index in [1.54, 1.807) is 42.9 Å². The van der Waals surface area contributed by atoms with Crippen molar-refractivity contribution < 1.29 is 20.4 Å². The number of nitrogens with zero attached hydrogens (tertiary/aromatic N) is 4. The van der Waals surface area contributed by atoms with Gasteiger partial charge in [-0.2, -0.15) is 0 Å². The highest BCUT2D eigenvalue weighted by atomic mass is 16.3. The van der Waals surface area contributed by atoms with Gasteiger partial charge in [-0.3, -0.25) is 19.9 Å². The summed E-state index contributed by atoms with van der Waals surface area (Å²) in [6, 6.07) is 38.1. The van der Waals surface area contributed by atoms with E-state index in [1.807, 2.05) is 158 Å².